The zero-order valence-electron chi connectivity index (χ0n) is 12.8. The van der Waals surface area contributed by atoms with Gasteiger partial charge in [-0.1, -0.05) is 49.4 Å². The lowest BCUT2D eigenvalue weighted by molar-refractivity contribution is 0.192. The molecule has 0 spiro atoms. The Morgan fingerprint density at radius 3 is 2.41 bits per heavy atom. The summed E-state index contributed by atoms with van der Waals surface area (Å²) in [6, 6.07) is 14.7. The van der Waals surface area contributed by atoms with Gasteiger partial charge in [0, 0.05) is 0 Å². The molecule has 0 aliphatic rings. The lowest BCUT2D eigenvalue weighted by atomic mass is 10.0. The molecule has 0 saturated carbocycles. The Morgan fingerprint density at radius 2 is 1.82 bits per heavy atom. The molecule has 118 valence electrons. The second-order valence-electron chi connectivity index (χ2n) is 5.21. The molecule has 0 amide bonds. The van der Waals surface area contributed by atoms with Crippen molar-refractivity contribution in [3.8, 4) is 11.1 Å². The molecule has 22 heavy (non-hydrogen) atoms. The third kappa shape index (κ3) is 3.84. The molecule has 5 heteroatoms. The van der Waals surface area contributed by atoms with Crippen LogP contribution in [-0.2, 0) is 15.7 Å². The highest BCUT2D eigenvalue weighted by atomic mass is 31.2. The highest BCUT2D eigenvalue weighted by Gasteiger charge is 2.28. The highest BCUT2D eigenvalue weighted by Crippen LogP contribution is 2.44. The van der Waals surface area contributed by atoms with Gasteiger partial charge in [0.1, 0.15) is 0 Å². The average molecular weight is 320 g/mol. The van der Waals surface area contributed by atoms with Gasteiger partial charge in [-0.15, -0.1) is 0 Å². The zero-order chi connectivity index (χ0) is 16.2. The smallest absolute Gasteiger partial charge is 0.359 e. The first-order chi connectivity index (χ1) is 10.5. The van der Waals surface area contributed by atoms with Crippen LogP contribution in [0.4, 0.5) is 0 Å². The van der Waals surface area contributed by atoms with E-state index in [2.05, 4.69) is 0 Å². The molecule has 2 unspecified atom stereocenters. The lowest BCUT2D eigenvalue weighted by Crippen LogP contribution is -2.17. The van der Waals surface area contributed by atoms with Crippen LogP contribution < -0.4 is 5.30 Å². The quantitative estimate of drug-likeness (QED) is 0.800. The van der Waals surface area contributed by atoms with E-state index >= 15 is 0 Å². The van der Waals surface area contributed by atoms with Gasteiger partial charge < -0.3 is 14.5 Å². The van der Waals surface area contributed by atoms with Crippen molar-refractivity contribution in [2.45, 2.75) is 33.0 Å². The SMILES string of the molecule is CCC(C)OP(=O)(O)c1cc(-c2ccccc2)ccc1CO. The van der Waals surface area contributed by atoms with Crippen LogP contribution in [0.2, 0.25) is 0 Å². The van der Waals surface area contributed by atoms with Gasteiger partial charge in [0.05, 0.1) is 18.0 Å². The van der Waals surface area contributed by atoms with Gasteiger partial charge in [-0.05, 0) is 36.1 Å². The first-order valence-electron chi connectivity index (χ1n) is 7.29. The van der Waals surface area contributed by atoms with Crippen LogP contribution in [0.25, 0.3) is 11.1 Å². The lowest BCUT2D eigenvalue weighted by Gasteiger charge is -2.19. The number of aliphatic hydroxyl groups is 1. The summed E-state index contributed by atoms with van der Waals surface area (Å²) in [4.78, 5) is 10.3. The third-order valence-corrected chi connectivity index (χ3v) is 5.24. The Bertz CT molecular complexity index is 670. The van der Waals surface area contributed by atoms with Crippen molar-refractivity contribution < 1.29 is 19.1 Å². The molecule has 0 heterocycles. The first-order valence-corrected chi connectivity index (χ1v) is 8.86. The Labute approximate surface area is 130 Å². The van der Waals surface area contributed by atoms with Crippen LogP contribution in [0.5, 0.6) is 0 Å². The predicted octanol–water partition coefficient (Wildman–Crippen LogP) is 3.47. The molecule has 4 nitrogen and oxygen atoms in total. The fourth-order valence-corrected chi connectivity index (χ4v) is 3.71. The molecule has 0 radical (unpaired) electrons. The van der Waals surface area contributed by atoms with Crippen molar-refractivity contribution in [1.29, 1.82) is 0 Å². The zero-order valence-corrected chi connectivity index (χ0v) is 13.7. The van der Waals surface area contributed by atoms with E-state index in [9.17, 15) is 14.6 Å². The van der Waals surface area contributed by atoms with Gasteiger partial charge in [-0.3, -0.25) is 4.57 Å². The molecular weight excluding hydrogens is 299 g/mol. The summed E-state index contributed by atoms with van der Waals surface area (Å²) >= 11 is 0. The van der Waals surface area contributed by atoms with Crippen LogP contribution in [0.15, 0.2) is 48.5 Å². The van der Waals surface area contributed by atoms with E-state index in [0.717, 1.165) is 11.1 Å². The predicted molar refractivity (Wildman–Crippen MR) is 88.1 cm³/mol. The van der Waals surface area contributed by atoms with Gasteiger partial charge in [-0.25, -0.2) is 0 Å². The van der Waals surface area contributed by atoms with Crippen molar-refractivity contribution >= 4 is 12.9 Å². The summed E-state index contributed by atoms with van der Waals surface area (Å²) in [6.07, 6.45) is 0.306. The number of benzene rings is 2. The molecule has 2 rings (SSSR count). The second kappa shape index (κ2) is 7.21. The molecule has 0 aliphatic carbocycles. The topological polar surface area (TPSA) is 66.8 Å². The minimum atomic E-state index is -3.98. The van der Waals surface area contributed by atoms with Crippen LogP contribution in [-0.4, -0.2) is 16.1 Å². The van der Waals surface area contributed by atoms with E-state index in [1.54, 1.807) is 19.1 Å². The number of rotatable bonds is 6. The summed E-state index contributed by atoms with van der Waals surface area (Å²) in [6.45, 7) is 3.33. The standard InChI is InChI=1S/C17H21O4P/c1-3-13(2)21-22(19,20)17-11-15(9-10-16(17)12-18)14-7-5-4-6-8-14/h4-11,13,18H,3,12H2,1-2H3,(H,19,20). The van der Waals surface area contributed by atoms with Gasteiger partial charge in [-0.2, -0.15) is 0 Å². The summed E-state index contributed by atoms with van der Waals surface area (Å²) in [5.74, 6) is 0. The molecule has 2 aromatic carbocycles. The Morgan fingerprint density at radius 1 is 1.14 bits per heavy atom. The van der Waals surface area contributed by atoms with Gasteiger partial charge in [0.2, 0.25) is 0 Å². The first kappa shape index (κ1) is 16.9. The molecule has 2 aromatic rings. The van der Waals surface area contributed by atoms with Crippen molar-refractivity contribution in [3.63, 3.8) is 0 Å². The van der Waals surface area contributed by atoms with E-state index in [1.807, 2.05) is 43.3 Å². The number of hydrogen-bond acceptors (Lipinski definition) is 3. The third-order valence-electron chi connectivity index (χ3n) is 3.56. The molecular formula is C17H21O4P. The van der Waals surface area contributed by atoms with Crippen molar-refractivity contribution in [2.24, 2.45) is 0 Å². The summed E-state index contributed by atoms with van der Waals surface area (Å²) in [7, 11) is -3.98. The van der Waals surface area contributed by atoms with Crippen molar-refractivity contribution in [3.05, 3.63) is 54.1 Å². The summed E-state index contributed by atoms with van der Waals surface area (Å²) in [5.41, 5.74) is 2.17. The van der Waals surface area contributed by atoms with Crippen molar-refractivity contribution in [2.75, 3.05) is 0 Å². The molecule has 0 aliphatic heterocycles. The van der Waals surface area contributed by atoms with E-state index in [4.69, 9.17) is 4.52 Å². The molecule has 0 fully saturated rings. The Kier molecular flexibility index (Phi) is 5.54. The molecule has 0 bridgehead atoms. The van der Waals surface area contributed by atoms with Crippen LogP contribution in [0, 0.1) is 0 Å². The van der Waals surface area contributed by atoms with Gasteiger partial charge >= 0.3 is 7.60 Å². The normalized spacial score (nSPS) is 15.3. The summed E-state index contributed by atoms with van der Waals surface area (Å²) in [5, 5.41) is 9.61. The van der Waals surface area contributed by atoms with Crippen LogP contribution in [0.1, 0.15) is 25.8 Å². The Hall–Kier alpha value is -1.45. The maximum atomic E-state index is 12.6. The average Bonchev–Trinajstić information content (AvgIpc) is 2.54. The van der Waals surface area contributed by atoms with Crippen molar-refractivity contribution in [1.82, 2.24) is 0 Å². The van der Waals surface area contributed by atoms with E-state index in [0.29, 0.717) is 12.0 Å². The minimum absolute atomic E-state index is 0.164. The highest BCUT2D eigenvalue weighted by molar-refractivity contribution is 7.61. The molecule has 2 N–H and O–H groups in total. The Balaban J connectivity index is 2.47. The second-order valence-corrected chi connectivity index (χ2v) is 6.95. The maximum absolute atomic E-state index is 12.6. The monoisotopic (exact) mass is 320 g/mol. The molecule has 2 atom stereocenters. The van der Waals surface area contributed by atoms with E-state index in [-0.39, 0.29) is 18.0 Å². The molecule has 0 aromatic heterocycles. The number of hydrogen-bond donors (Lipinski definition) is 2. The fourth-order valence-electron chi connectivity index (χ4n) is 2.15. The fraction of sp³-hybridized carbons (Fsp3) is 0.294. The van der Waals surface area contributed by atoms with Crippen LogP contribution >= 0.6 is 7.60 Å². The summed E-state index contributed by atoms with van der Waals surface area (Å²) < 4.78 is 17.9. The molecule has 0 saturated heterocycles. The van der Waals surface area contributed by atoms with E-state index in [1.165, 1.54) is 0 Å². The van der Waals surface area contributed by atoms with Gasteiger partial charge in [0.25, 0.3) is 0 Å². The van der Waals surface area contributed by atoms with E-state index < -0.39 is 7.60 Å². The van der Waals surface area contributed by atoms with Gasteiger partial charge in [0.15, 0.2) is 0 Å². The largest absolute Gasteiger partial charge is 0.392 e. The van der Waals surface area contributed by atoms with Crippen LogP contribution in [0.3, 0.4) is 0 Å². The maximum Gasteiger partial charge on any atom is 0.359 e. The number of aliphatic hydroxyl groups excluding tert-OH is 1. The minimum Gasteiger partial charge on any atom is -0.392 e.